The monoisotopic (exact) mass is 266 g/mol. The van der Waals surface area contributed by atoms with Gasteiger partial charge in [-0.05, 0) is 30.6 Å². The van der Waals surface area contributed by atoms with Crippen molar-refractivity contribution in [1.29, 1.82) is 0 Å². The van der Waals surface area contributed by atoms with Gasteiger partial charge in [0.2, 0.25) is 0 Å². The Labute approximate surface area is 113 Å². The van der Waals surface area contributed by atoms with Gasteiger partial charge in [0.25, 0.3) is 0 Å². The predicted molar refractivity (Wildman–Crippen MR) is 67.3 cm³/mol. The minimum Gasteiger partial charge on any atom is -0.386 e. The number of carbonyl (C=O) groups excluding carboxylic acids is 1. The first-order valence-corrected chi connectivity index (χ1v) is 7.27. The van der Waals surface area contributed by atoms with E-state index in [0.717, 1.165) is 6.42 Å². The van der Waals surface area contributed by atoms with Crippen LogP contribution < -0.4 is 0 Å². The Kier molecular flexibility index (Phi) is 1.89. The fourth-order valence-electron chi connectivity index (χ4n) is 5.91. The van der Waals surface area contributed by atoms with Crippen LogP contribution in [-0.4, -0.2) is 39.9 Å². The van der Waals surface area contributed by atoms with E-state index in [4.69, 9.17) is 4.74 Å². The van der Waals surface area contributed by atoms with Crippen LogP contribution in [0, 0.1) is 28.6 Å². The molecule has 4 rings (SSSR count). The molecule has 4 nitrogen and oxygen atoms in total. The van der Waals surface area contributed by atoms with Crippen molar-refractivity contribution in [2.24, 2.45) is 28.6 Å². The van der Waals surface area contributed by atoms with Gasteiger partial charge in [0.1, 0.15) is 11.7 Å². The molecule has 8 atom stereocenters. The smallest absolute Gasteiger partial charge is 0.173 e. The third-order valence-corrected chi connectivity index (χ3v) is 7.00. The van der Waals surface area contributed by atoms with E-state index in [0.29, 0.717) is 0 Å². The van der Waals surface area contributed by atoms with Crippen LogP contribution in [0.5, 0.6) is 0 Å². The van der Waals surface area contributed by atoms with Gasteiger partial charge in [0, 0.05) is 5.92 Å². The number of aliphatic hydroxyl groups is 2. The summed E-state index contributed by atoms with van der Waals surface area (Å²) in [5.74, 6) is -0.0186. The Morgan fingerprint density at radius 3 is 2.53 bits per heavy atom. The van der Waals surface area contributed by atoms with Crippen molar-refractivity contribution in [3.05, 3.63) is 0 Å². The molecule has 1 aliphatic heterocycles. The molecule has 0 radical (unpaired) electrons. The number of ether oxygens (including phenoxy) is 1. The Morgan fingerprint density at radius 1 is 1.32 bits per heavy atom. The van der Waals surface area contributed by atoms with E-state index in [1.807, 2.05) is 13.8 Å². The van der Waals surface area contributed by atoms with Gasteiger partial charge in [0.05, 0.1) is 17.6 Å². The SMILES string of the molecule is CC1C2OC3C4C(CC4(C)C)C(C)(C(=O)C2O)C13O. The fourth-order valence-corrected chi connectivity index (χ4v) is 5.91. The Balaban J connectivity index is 1.93. The molecule has 0 aromatic heterocycles. The predicted octanol–water partition coefficient (Wildman–Crippen LogP) is 0.747. The van der Waals surface area contributed by atoms with Crippen LogP contribution in [0.4, 0.5) is 0 Å². The largest absolute Gasteiger partial charge is 0.386 e. The number of hydrogen-bond donors (Lipinski definition) is 2. The first kappa shape index (κ1) is 12.3. The van der Waals surface area contributed by atoms with E-state index in [-0.39, 0.29) is 35.1 Å². The minimum atomic E-state index is -1.10. The van der Waals surface area contributed by atoms with Gasteiger partial charge in [0.15, 0.2) is 5.78 Å². The molecule has 3 aliphatic carbocycles. The second kappa shape index (κ2) is 2.92. The quantitative estimate of drug-likeness (QED) is 0.679. The number of carbonyl (C=O) groups is 1. The summed E-state index contributed by atoms with van der Waals surface area (Å²) in [6.45, 7) is 8.14. The second-order valence-electron chi connectivity index (χ2n) is 7.97. The van der Waals surface area contributed by atoms with Crippen LogP contribution >= 0.6 is 0 Å². The van der Waals surface area contributed by atoms with Crippen LogP contribution in [0.15, 0.2) is 0 Å². The summed E-state index contributed by atoms with van der Waals surface area (Å²) in [6, 6.07) is 0. The van der Waals surface area contributed by atoms with Crippen LogP contribution in [0.3, 0.4) is 0 Å². The molecule has 19 heavy (non-hydrogen) atoms. The summed E-state index contributed by atoms with van der Waals surface area (Å²) in [5, 5.41) is 21.5. The van der Waals surface area contributed by atoms with Crippen LogP contribution in [0.25, 0.3) is 0 Å². The summed E-state index contributed by atoms with van der Waals surface area (Å²) in [4.78, 5) is 12.6. The summed E-state index contributed by atoms with van der Waals surface area (Å²) in [7, 11) is 0. The van der Waals surface area contributed by atoms with Crippen LogP contribution in [0.2, 0.25) is 0 Å². The maximum atomic E-state index is 12.6. The Morgan fingerprint density at radius 2 is 1.95 bits per heavy atom. The molecule has 0 spiro atoms. The second-order valence-corrected chi connectivity index (χ2v) is 7.97. The molecular formula is C15H22O4. The number of rotatable bonds is 0. The molecule has 2 bridgehead atoms. The van der Waals surface area contributed by atoms with Crippen molar-refractivity contribution >= 4 is 5.78 Å². The zero-order valence-electron chi connectivity index (χ0n) is 11.9. The topological polar surface area (TPSA) is 66.8 Å². The highest BCUT2D eigenvalue weighted by molar-refractivity contribution is 5.93. The van der Waals surface area contributed by atoms with Crippen molar-refractivity contribution in [1.82, 2.24) is 0 Å². The molecule has 3 saturated carbocycles. The van der Waals surface area contributed by atoms with E-state index >= 15 is 0 Å². The number of Topliss-reactive ketones (excluding diaryl/α,β-unsaturated/α-hetero) is 1. The maximum Gasteiger partial charge on any atom is 0.173 e. The maximum absolute atomic E-state index is 12.6. The number of ketones is 1. The molecule has 1 heterocycles. The highest BCUT2D eigenvalue weighted by atomic mass is 16.5. The van der Waals surface area contributed by atoms with E-state index in [1.54, 1.807) is 0 Å². The summed E-state index contributed by atoms with van der Waals surface area (Å²) < 4.78 is 5.99. The molecule has 4 heteroatoms. The Bertz CT molecular complexity index is 487. The highest BCUT2D eigenvalue weighted by Crippen LogP contribution is 2.75. The lowest BCUT2D eigenvalue weighted by Crippen LogP contribution is -2.65. The van der Waals surface area contributed by atoms with Gasteiger partial charge < -0.3 is 14.9 Å². The molecule has 106 valence electrons. The van der Waals surface area contributed by atoms with Gasteiger partial charge in [-0.25, -0.2) is 0 Å². The van der Waals surface area contributed by atoms with E-state index in [1.165, 1.54) is 0 Å². The summed E-state index contributed by atoms with van der Waals surface area (Å²) in [6.07, 6.45) is -0.984. The van der Waals surface area contributed by atoms with Crippen molar-refractivity contribution in [3.8, 4) is 0 Å². The normalized spacial score (nSPS) is 64.8. The first-order chi connectivity index (χ1) is 8.67. The van der Waals surface area contributed by atoms with Crippen LogP contribution in [0.1, 0.15) is 34.1 Å². The van der Waals surface area contributed by atoms with Gasteiger partial charge in [-0.15, -0.1) is 0 Å². The van der Waals surface area contributed by atoms with Gasteiger partial charge in [-0.3, -0.25) is 4.79 Å². The fraction of sp³-hybridized carbons (Fsp3) is 0.933. The lowest BCUT2D eigenvalue weighted by molar-refractivity contribution is -0.188. The molecular weight excluding hydrogens is 244 g/mol. The van der Waals surface area contributed by atoms with Crippen LogP contribution in [-0.2, 0) is 9.53 Å². The van der Waals surface area contributed by atoms with Gasteiger partial charge >= 0.3 is 0 Å². The van der Waals surface area contributed by atoms with Crippen molar-refractivity contribution in [2.45, 2.75) is 58.0 Å². The molecule has 1 saturated heterocycles. The minimum absolute atomic E-state index is 0.109. The standard InChI is InChI=1S/C15H22O4/c1-6-10-9(16)11(17)14(4)7-5-13(2,3)8(7)12(19-10)15(6,14)18/h6-10,12,16,18H,5H2,1-4H3. The third kappa shape index (κ3) is 0.930. The molecule has 0 amide bonds. The lowest BCUT2D eigenvalue weighted by atomic mass is 9.49. The number of aliphatic hydroxyl groups excluding tert-OH is 1. The molecule has 2 N–H and O–H groups in total. The average molecular weight is 266 g/mol. The van der Waals surface area contributed by atoms with Crippen molar-refractivity contribution < 1.29 is 19.7 Å². The molecule has 8 unspecified atom stereocenters. The zero-order valence-corrected chi connectivity index (χ0v) is 11.9. The molecule has 0 aromatic carbocycles. The molecule has 0 aromatic rings. The van der Waals surface area contributed by atoms with Crippen molar-refractivity contribution in [2.75, 3.05) is 0 Å². The zero-order chi connectivity index (χ0) is 14.0. The summed E-state index contributed by atoms with van der Waals surface area (Å²) >= 11 is 0. The van der Waals surface area contributed by atoms with E-state index in [2.05, 4.69) is 13.8 Å². The average Bonchev–Trinajstić information content (AvgIpc) is 2.65. The third-order valence-electron chi connectivity index (χ3n) is 7.00. The Hall–Kier alpha value is -0.450. The summed E-state index contributed by atoms with van der Waals surface area (Å²) in [5.41, 5.74) is -1.83. The number of hydrogen-bond acceptors (Lipinski definition) is 4. The number of fused-ring (bicyclic) bond motifs is 4. The van der Waals surface area contributed by atoms with Gasteiger partial charge in [-0.1, -0.05) is 20.8 Å². The molecule has 4 aliphatic rings. The van der Waals surface area contributed by atoms with Crippen molar-refractivity contribution in [3.63, 3.8) is 0 Å². The van der Waals surface area contributed by atoms with E-state index in [9.17, 15) is 15.0 Å². The highest BCUT2D eigenvalue weighted by Gasteiger charge is 2.84. The van der Waals surface area contributed by atoms with Gasteiger partial charge in [-0.2, -0.15) is 0 Å². The lowest BCUT2D eigenvalue weighted by Gasteiger charge is -2.56. The van der Waals surface area contributed by atoms with E-state index < -0.39 is 23.2 Å². The first-order valence-electron chi connectivity index (χ1n) is 7.27. The molecule has 4 fully saturated rings.